The van der Waals surface area contributed by atoms with Crippen LogP contribution in [0, 0.1) is 0 Å². The van der Waals surface area contributed by atoms with E-state index in [0.717, 1.165) is 0 Å². The number of thioether (sulfide) groups is 1. The van der Waals surface area contributed by atoms with Crippen LogP contribution in [-0.2, 0) is 24.3 Å². The highest BCUT2D eigenvalue weighted by atomic mass is 32.2. The molecule has 1 aromatic carbocycles. The minimum atomic E-state index is -3.68. The Morgan fingerprint density at radius 3 is 2.76 bits per heavy atom. The van der Waals surface area contributed by atoms with Crippen molar-refractivity contribution in [3.05, 3.63) is 29.8 Å². The van der Waals surface area contributed by atoms with Gasteiger partial charge in [-0.25, -0.2) is 13.2 Å². The number of carbonyl (C=O) groups excluding carboxylic acids is 2. The molecule has 1 atom stereocenters. The number of ether oxygens (including phenoxy) is 1. The molecule has 0 unspecified atom stereocenters. The van der Waals surface area contributed by atoms with E-state index in [1.807, 2.05) is 6.26 Å². The third-order valence-corrected chi connectivity index (χ3v) is 5.48. The Kier molecular flexibility index (Phi) is 6.43. The lowest BCUT2D eigenvalue weighted by Gasteiger charge is -2.12. The first kappa shape index (κ1) is 19.3. The molecule has 10 heteroatoms. The fraction of sp³-hybridized carbons (Fsp3) is 0.400. The van der Waals surface area contributed by atoms with Crippen molar-refractivity contribution in [1.29, 1.82) is 0 Å². The van der Waals surface area contributed by atoms with Crippen molar-refractivity contribution in [2.45, 2.75) is 17.4 Å². The van der Waals surface area contributed by atoms with Crippen LogP contribution in [0.2, 0.25) is 0 Å². The zero-order chi connectivity index (χ0) is 18.4. The standard InChI is InChI=1S/C15H19N3O5S2/c1-16-13(19)9-23-15(20)11(7-8-24-2)17-14-10-5-3-4-6-12(10)25(21,22)18-14/h3-6,11H,7-9H2,1-2H3,(H,16,19)(H,17,18)/t11-/m0/s1. The number of rotatable bonds is 7. The van der Waals surface area contributed by atoms with Crippen LogP contribution in [0.4, 0.5) is 0 Å². The number of fused-ring (bicyclic) bond motifs is 1. The Balaban J connectivity index is 2.26. The quantitative estimate of drug-likeness (QED) is 0.645. The fourth-order valence-corrected chi connectivity index (χ4v) is 3.85. The van der Waals surface area contributed by atoms with Crippen molar-refractivity contribution >= 4 is 39.5 Å². The summed E-state index contributed by atoms with van der Waals surface area (Å²) in [6.45, 7) is -0.404. The van der Waals surface area contributed by atoms with Crippen LogP contribution in [0.5, 0.6) is 0 Å². The molecule has 8 nitrogen and oxygen atoms in total. The van der Waals surface area contributed by atoms with Crippen LogP contribution in [-0.4, -0.2) is 57.8 Å². The zero-order valence-corrected chi connectivity index (χ0v) is 15.4. The van der Waals surface area contributed by atoms with Crippen molar-refractivity contribution in [2.75, 3.05) is 25.7 Å². The summed E-state index contributed by atoms with van der Waals surface area (Å²) in [4.78, 5) is 27.8. The van der Waals surface area contributed by atoms with Gasteiger partial charge in [0.1, 0.15) is 5.84 Å². The highest BCUT2D eigenvalue weighted by Gasteiger charge is 2.32. The number of sulfonamides is 1. The number of amides is 1. The number of nitrogens with zero attached hydrogens (tertiary/aromatic N) is 1. The lowest BCUT2D eigenvalue weighted by molar-refractivity contribution is -0.149. The molecule has 136 valence electrons. The van der Waals surface area contributed by atoms with Crippen molar-refractivity contribution in [3.63, 3.8) is 0 Å². The molecule has 0 spiro atoms. The minimum Gasteiger partial charge on any atom is -0.454 e. The lowest BCUT2D eigenvalue weighted by Crippen LogP contribution is -2.31. The van der Waals surface area contributed by atoms with E-state index in [1.54, 1.807) is 18.2 Å². The van der Waals surface area contributed by atoms with Crippen molar-refractivity contribution in [1.82, 2.24) is 10.0 Å². The smallest absolute Gasteiger partial charge is 0.331 e. The van der Waals surface area contributed by atoms with Gasteiger partial charge in [0.05, 0.1) is 4.90 Å². The number of benzene rings is 1. The number of amidine groups is 1. The number of hydrogen-bond donors (Lipinski definition) is 2. The van der Waals surface area contributed by atoms with E-state index in [4.69, 9.17) is 4.74 Å². The first-order valence-electron chi connectivity index (χ1n) is 7.45. The summed E-state index contributed by atoms with van der Waals surface area (Å²) in [5.74, 6) is -0.367. The predicted molar refractivity (Wildman–Crippen MR) is 95.1 cm³/mol. The number of esters is 1. The second kappa shape index (κ2) is 8.34. The van der Waals surface area contributed by atoms with Gasteiger partial charge in [-0.1, -0.05) is 12.1 Å². The Hall–Kier alpha value is -2.07. The average Bonchev–Trinajstić information content (AvgIpc) is 2.87. The van der Waals surface area contributed by atoms with Crippen LogP contribution in [0.3, 0.4) is 0 Å². The average molecular weight is 385 g/mol. The molecule has 0 aliphatic carbocycles. The molecule has 0 aromatic heterocycles. The molecule has 0 saturated carbocycles. The third-order valence-electron chi connectivity index (χ3n) is 3.44. The van der Waals surface area contributed by atoms with Crippen LogP contribution in [0.15, 0.2) is 34.2 Å². The van der Waals surface area contributed by atoms with E-state index in [1.165, 1.54) is 24.9 Å². The minimum absolute atomic E-state index is 0.110. The fourth-order valence-electron chi connectivity index (χ4n) is 2.16. The van der Waals surface area contributed by atoms with Gasteiger partial charge in [0.2, 0.25) is 0 Å². The molecule has 0 fully saturated rings. The van der Waals surface area contributed by atoms with E-state index in [9.17, 15) is 18.0 Å². The second-order valence-electron chi connectivity index (χ2n) is 5.16. The number of nitrogens with one attached hydrogen (secondary N) is 2. The maximum atomic E-state index is 12.2. The molecule has 0 radical (unpaired) electrons. The third kappa shape index (κ3) is 4.73. The Labute approximate surface area is 150 Å². The maximum Gasteiger partial charge on any atom is 0.331 e. The molecule has 1 heterocycles. The molecular formula is C15H19N3O5S2. The molecular weight excluding hydrogens is 366 g/mol. The molecule has 2 rings (SSSR count). The molecule has 1 aromatic rings. The lowest BCUT2D eigenvalue weighted by atomic mass is 10.2. The summed E-state index contributed by atoms with van der Waals surface area (Å²) in [5, 5.41) is 2.35. The summed E-state index contributed by atoms with van der Waals surface area (Å²) in [6, 6.07) is 5.50. The number of carbonyl (C=O) groups is 2. The van der Waals surface area contributed by atoms with E-state index in [-0.39, 0.29) is 10.7 Å². The van der Waals surface area contributed by atoms with Gasteiger partial charge in [-0.2, -0.15) is 11.8 Å². The molecule has 1 amide bonds. The summed E-state index contributed by atoms with van der Waals surface area (Å²) >= 11 is 1.52. The highest BCUT2D eigenvalue weighted by molar-refractivity contribution is 7.98. The van der Waals surface area contributed by atoms with Gasteiger partial charge in [0, 0.05) is 12.6 Å². The van der Waals surface area contributed by atoms with Gasteiger partial charge in [0.15, 0.2) is 12.6 Å². The zero-order valence-electron chi connectivity index (χ0n) is 13.8. The molecule has 1 aliphatic rings. The summed E-state index contributed by atoms with van der Waals surface area (Å²) in [6.07, 6.45) is 2.24. The topological polar surface area (TPSA) is 114 Å². The van der Waals surface area contributed by atoms with Gasteiger partial charge < -0.3 is 10.1 Å². The monoisotopic (exact) mass is 385 g/mol. The predicted octanol–water partition coefficient (Wildman–Crippen LogP) is 0.136. The van der Waals surface area contributed by atoms with E-state index in [0.29, 0.717) is 17.7 Å². The molecule has 2 N–H and O–H groups in total. The molecule has 0 saturated heterocycles. The van der Waals surface area contributed by atoms with Crippen LogP contribution < -0.4 is 10.0 Å². The van der Waals surface area contributed by atoms with Gasteiger partial charge in [-0.15, -0.1) is 0 Å². The maximum absolute atomic E-state index is 12.2. The van der Waals surface area contributed by atoms with Gasteiger partial charge in [0.25, 0.3) is 15.9 Å². The van der Waals surface area contributed by atoms with Crippen LogP contribution in [0.1, 0.15) is 12.0 Å². The van der Waals surface area contributed by atoms with Gasteiger partial charge in [-0.05, 0) is 30.6 Å². The summed E-state index contributed by atoms with van der Waals surface area (Å²) in [7, 11) is -2.24. The van der Waals surface area contributed by atoms with E-state index >= 15 is 0 Å². The summed E-state index contributed by atoms with van der Waals surface area (Å²) < 4.78 is 31.6. The number of likely N-dealkylation sites (N-methyl/N-ethyl adjacent to an activating group) is 1. The van der Waals surface area contributed by atoms with Gasteiger partial charge >= 0.3 is 5.97 Å². The molecule has 0 bridgehead atoms. The van der Waals surface area contributed by atoms with Crippen LogP contribution >= 0.6 is 11.8 Å². The summed E-state index contributed by atoms with van der Waals surface area (Å²) in [5.41, 5.74) is 0.413. The number of hydrogen-bond acceptors (Lipinski definition) is 7. The first-order chi connectivity index (χ1) is 11.9. The van der Waals surface area contributed by atoms with Crippen molar-refractivity contribution in [2.24, 2.45) is 4.99 Å². The molecule has 25 heavy (non-hydrogen) atoms. The Bertz CT molecular complexity index is 792. The van der Waals surface area contributed by atoms with E-state index in [2.05, 4.69) is 15.0 Å². The largest absolute Gasteiger partial charge is 0.454 e. The SMILES string of the molecule is CNC(=O)COC(=O)[C@H](CCSC)N=C1NS(=O)(=O)c2ccccc21. The number of aliphatic imine (C=N–C) groups is 1. The Morgan fingerprint density at radius 1 is 1.36 bits per heavy atom. The van der Waals surface area contributed by atoms with Crippen LogP contribution in [0.25, 0.3) is 0 Å². The highest BCUT2D eigenvalue weighted by Crippen LogP contribution is 2.23. The molecule has 1 aliphatic heterocycles. The second-order valence-corrected chi connectivity index (χ2v) is 7.79. The first-order valence-corrected chi connectivity index (χ1v) is 10.3. The van der Waals surface area contributed by atoms with Crippen molar-refractivity contribution < 1.29 is 22.7 Å². The normalized spacial score (nSPS) is 17.4. The van der Waals surface area contributed by atoms with Crippen molar-refractivity contribution in [3.8, 4) is 0 Å². The van der Waals surface area contributed by atoms with Gasteiger partial charge in [-0.3, -0.25) is 14.5 Å². The Morgan fingerprint density at radius 2 is 2.08 bits per heavy atom. The van der Waals surface area contributed by atoms with E-state index < -0.39 is 34.5 Å².